The lowest BCUT2D eigenvalue weighted by Crippen LogP contribution is -2.28. The van der Waals surface area contributed by atoms with Crippen LogP contribution in [0.5, 0.6) is 0 Å². The number of nitrogens with zero attached hydrogens (tertiary/aromatic N) is 2. The average molecular weight is 243 g/mol. The fourth-order valence-electron chi connectivity index (χ4n) is 1.50. The van der Waals surface area contributed by atoms with Crippen LogP contribution >= 0.6 is 0 Å². The second kappa shape index (κ2) is 5.27. The molecule has 1 amide bonds. The van der Waals surface area contributed by atoms with Crippen LogP contribution in [0, 0.1) is 6.92 Å². The van der Waals surface area contributed by atoms with E-state index in [-0.39, 0.29) is 12.5 Å². The Morgan fingerprint density at radius 2 is 2.06 bits per heavy atom. The SMILES string of the molecule is Cc1ccc(NC(=O)Cn2cccnc2=O)cc1. The van der Waals surface area contributed by atoms with Crippen LogP contribution in [-0.2, 0) is 11.3 Å². The molecule has 0 radical (unpaired) electrons. The lowest BCUT2D eigenvalue weighted by Gasteiger charge is -2.06. The number of aryl methyl sites for hydroxylation is 1. The van der Waals surface area contributed by atoms with Crippen molar-refractivity contribution >= 4 is 11.6 Å². The number of hydrogen-bond donors (Lipinski definition) is 1. The first-order valence-electron chi connectivity index (χ1n) is 5.53. The molecule has 0 fully saturated rings. The Hall–Kier alpha value is -2.43. The minimum atomic E-state index is -0.434. The predicted molar refractivity (Wildman–Crippen MR) is 68.3 cm³/mol. The van der Waals surface area contributed by atoms with Gasteiger partial charge in [-0.05, 0) is 25.1 Å². The van der Waals surface area contributed by atoms with Crippen LogP contribution in [0.3, 0.4) is 0 Å². The molecule has 1 aromatic carbocycles. The molecule has 18 heavy (non-hydrogen) atoms. The van der Waals surface area contributed by atoms with Gasteiger partial charge >= 0.3 is 5.69 Å². The summed E-state index contributed by atoms with van der Waals surface area (Å²) in [5.41, 5.74) is 1.40. The maximum absolute atomic E-state index is 11.7. The van der Waals surface area contributed by atoms with Gasteiger partial charge in [-0.2, -0.15) is 0 Å². The van der Waals surface area contributed by atoms with Crippen molar-refractivity contribution in [2.75, 3.05) is 5.32 Å². The zero-order valence-electron chi connectivity index (χ0n) is 9.96. The van der Waals surface area contributed by atoms with Crippen molar-refractivity contribution in [3.63, 3.8) is 0 Å². The van der Waals surface area contributed by atoms with Gasteiger partial charge in [0.05, 0.1) is 0 Å². The summed E-state index contributed by atoms with van der Waals surface area (Å²) in [6, 6.07) is 9.07. The monoisotopic (exact) mass is 243 g/mol. The van der Waals surface area contributed by atoms with Gasteiger partial charge in [0, 0.05) is 18.1 Å². The number of aromatic nitrogens is 2. The maximum atomic E-state index is 11.7. The van der Waals surface area contributed by atoms with Crippen LogP contribution < -0.4 is 11.0 Å². The van der Waals surface area contributed by atoms with E-state index in [0.717, 1.165) is 5.56 Å². The first kappa shape index (κ1) is 12.0. The Morgan fingerprint density at radius 3 is 2.72 bits per heavy atom. The van der Waals surface area contributed by atoms with E-state index in [2.05, 4.69) is 10.3 Å². The minimum absolute atomic E-state index is 0.0411. The first-order chi connectivity index (χ1) is 8.65. The Kier molecular flexibility index (Phi) is 3.52. The number of nitrogens with one attached hydrogen (secondary N) is 1. The summed E-state index contributed by atoms with van der Waals surface area (Å²) in [6.45, 7) is 1.93. The van der Waals surface area contributed by atoms with Crippen LogP contribution in [0.15, 0.2) is 47.5 Å². The molecule has 1 heterocycles. The average Bonchev–Trinajstić information content (AvgIpc) is 2.35. The van der Waals surface area contributed by atoms with Gasteiger partial charge in [0.1, 0.15) is 6.54 Å². The summed E-state index contributed by atoms with van der Waals surface area (Å²) in [4.78, 5) is 26.6. The number of anilines is 1. The number of hydrogen-bond acceptors (Lipinski definition) is 3. The molecule has 92 valence electrons. The van der Waals surface area contributed by atoms with Gasteiger partial charge in [-0.1, -0.05) is 17.7 Å². The van der Waals surface area contributed by atoms with E-state index < -0.39 is 5.69 Å². The van der Waals surface area contributed by atoms with E-state index in [0.29, 0.717) is 5.69 Å². The summed E-state index contributed by atoms with van der Waals surface area (Å²) >= 11 is 0. The molecule has 1 aromatic heterocycles. The molecule has 0 bridgehead atoms. The standard InChI is InChI=1S/C13H13N3O2/c1-10-3-5-11(6-4-10)15-12(17)9-16-8-2-7-14-13(16)18/h2-8H,9H2,1H3,(H,15,17). The molecule has 0 unspecified atom stereocenters. The fraction of sp³-hybridized carbons (Fsp3) is 0.154. The van der Waals surface area contributed by atoms with Gasteiger partial charge in [0.25, 0.3) is 0 Å². The van der Waals surface area contributed by atoms with Crippen LogP contribution in [0.4, 0.5) is 5.69 Å². The lowest BCUT2D eigenvalue weighted by molar-refractivity contribution is -0.116. The highest BCUT2D eigenvalue weighted by Crippen LogP contribution is 2.08. The molecule has 0 aliphatic rings. The Balaban J connectivity index is 2.03. The molecule has 0 aliphatic carbocycles. The Labute approximate surface area is 104 Å². The molecular formula is C13H13N3O2. The van der Waals surface area contributed by atoms with Gasteiger partial charge < -0.3 is 5.32 Å². The van der Waals surface area contributed by atoms with Crippen LogP contribution in [0.2, 0.25) is 0 Å². The smallest absolute Gasteiger partial charge is 0.325 e. The zero-order chi connectivity index (χ0) is 13.0. The van der Waals surface area contributed by atoms with Crippen LogP contribution in [0.25, 0.3) is 0 Å². The number of carbonyl (C=O) groups excluding carboxylic acids is 1. The third-order valence-corrected chi connectivity index (χ3v) is 2.43. The number of rotatable bonds is 3. The summed E-state index contributed by atoms with van der Waals surface area (Å²) in [5, 5.41) is 2.72. The summed E-state index contributed by atoms with van der Waals surface area (Å²) < 4.78 is 1.25. The molecule has 5 heteroatoms. The third kappa shape index (κ3) is 3.04. The van der Waals surface area contributed by atoms with Crippen molar-refractivity contribution in [2.24, 2.45) is 0 Å². The van der Waals surface area contributed by atoms with E-state index >= 15 is 0 Å². The highest BCUT2D eigenvalue weighted by atomic mass is 16.2. The molecule has 0 atom stereocenters. The predicted octanol–water partition coefficient (Wildman–Crippen LogP) is 1.19. The van der Waals surface area contributed by atoms with E-state index in [1.165, 1.54) is 17.0 Å². The van der Waals surface area contributed by atoms with E-state index in [1.54, 1.807) is 6.07 Å². The van der Waals surface area contributed by atoms with Gasteiger partial charge in [-0.25, -0.2) is 9.78 Å². The van der Waals surface area contributed by atoms with E-state index in [1.807, 2.05) is 31.2 Å². The lowest BCUT2D eigenvalue weighted by atomic mass is 10.2. The van der Waals surface area contributed by atoms with Crippen molar-refractivity contribution < 1.29 is 4.79 Å². The molecular weight excluding hydrogens is 230 g/mol. The second-order valence-electron chi connectivity index (χ2n) is 3.94. The molecule has 0 saturated heterocycles. The summed E-state index contributed by atoms with van der Waals surface area (Å²) in [7, 11) is 0. The first-order valence-corrected chi connectivity index (χ1v) is 5.53. The number of carbonyl (C=O) groups is 1. The van der Waals surface area contributed by atoms with Crippen molar-refractivity contribution in [1.29, 1.82) is 0 Å². The van der Waals surface area contributed by atoms with Gasteiger partial charge in [0.15, 0.2) is 0 Å². The summed E-state index contributed by atoms with van der Waals surface area (Å²) in [6.07, 6.45) is 2.93. The molecule has 1 N–H and O–H groups in total. The molecule has 0 spiro atoms. The third-order valence-electron chi connectivity index (χ3n) is 2.43. The molecule has 0 saturated carbocycles. The topological polar surface area (TPSA) is 64.0 Å². The second-order valence-corrected chi connectivity index (χ2v) is 3.94. The normalized spacial score (nSPS) is 10.1. The largest absolute Gasteiger partial charge is 0.347 e. The van der Waals surface area contributed by atoms with Crippen LogP contribution in [0.1, 0.15) is 5.56 Å². The molecule has 2 rings (SSSR count). The van der Waals surface area contributed by atoms with Crippen molar-refractivity contribution in [2.45, 2.75) is 13.5 Å². The van der Waals surface area contributed by atoms with Gasteiger partial charge in [-0.15, -0.1) is 0 Å². The maximum Gasteiger partial charge on any atom is 0.347 e. The molecule has 0 aliphatic heterocycles. The Morgan fingerprint density at radius 1 is 1.33 bits per heavy atom. The van der Waals surface area contributed by atoms with Crippen molar-refractivity contribution in [3.05, 3.63) is 58.8 Å². The molecule has 5 nitrogen and oxygen atoms in total. The van der Waals surface area contributed by atoms with Gasteiger partial charge in [0.2, 0.25) is 5.91 Å². The van der Waals surface area contributed by atoms with E-state index in [9.17, 15) is 9.59 Å². The van der Waals surface area contributed by atoms with Crippen molar-refractivity contribution in [1.82, 2.24) is 9.55 Å². The highest BCUT2D eigenvalue weighted by Gasteiger charge is 2.04. The molecule has 2 aromatic rings. The fourth-order valence-corrected chi connectivity index (χ4v) is 1.50. The summed E-state index contributed by atoms with van der Waals surface area (Å²) in [5.74, 6) is -0.256. The highest BCUT2D eigenvalue weighted by molar-refractivity contribution is 5.90. The minimum Gasteiger partial charge on any atom is -0.325 e. The van der Waals surface area contributed by atoms with E-state index in [4.69, 9.17) is 0 Å². The number of amides is 1. The van der Waals surface area contributed by atoms with Crippen LogP contribution in [-0.4, -0.2) is 15.5 Å². The van der Waals surface area contributed by atoms with Crippen molar-refractivity contribution in [3.8, 4) is 0 Å². The zero-order valence-corrected chi connectivity index (χ0v) is 9.96. The van der Waals surface area contributed by atoms with Gasteiger partial charge in [-0.3, -0.25) is 9.36 Å². The Bertz CT molecular complexity index is 602. The quantitative estimate of drug-likeness (QED) is 0.880. The number of benzene rings is 1.